The van der Waals surface area contributed by atoms with E-state index in [2.05, 4.69) is 23.0 Å². The van der Waals surface area contributed by atoms with Crippen molar-refractivity contribution in [2.24, 2.45) is 5.90 Å². The smallest absolute Gasteiger partial charge is 0.0932 e. The Kier molecular flexibility index (Phi) is 2.11. The molecule has 0 saturated carbocycles. The lowest BCUT2D eigenvalue weighted by Crippen LogP contribution is -2.01. The molecular weight excluding hydrogens is 150 g/mol. The van der Waals surface area contributed by atoms with Crippen molar-refractivity contribution in [1.29, 1.82) is 0 Å². The summed E-state index contributed by atoms with van der Waals surface area (Å²) in [6.07, 6.45) is 3.68. The predicted octanol–water partition coefficient (Wildman–Crippen LogP) is 1.57. The molecule has 2 heteroatoms. The van der Waals surface area contributed by atoms with Crippen molar-refractivity contribution in [2.45, 2.75) is 25.9 Å². The average Bonchev–Trinajstić information content (AvgIpc) is 2.53. The number of aryl methyl sites for hydroxylation is 1. The van der Waals surface area contributed by atoms with E-state index in [1.165, 1.54) is 36.0 Å². The van der Waals surface area contributed by atoms with E-state index >= 15 is 0 Å². The van der Waals surface area contributed by atoms with Crippen LogP contribution in [0.3, 0.4) is 0 Å². The highest BCUT2D eigenvalue weighted by atomic mass is 16.6. The van der Waals surface area contributed by atoms with Gasteiger partial charge in [0.2, 0.25) is 0 Å². The number of hydrogen-bond donors (Lipinski definition) is 1. The average molecular weight is 163 g/mol. The van der Waals surface area contributed by atoms with Crippen LogP contribution >= 0.6 is 0 Å². The van der Waals surface area contributed by atoms with Gasteiger partial charge in [-0.1, -0.05) is 18.2 Å². The Labute approximate surface area is 72.3 Å². The van der Waals surface area contributed by atoms with E-state index in [4.69, 9.17) is 5.90 Å². The normalized spacial score (nSPS) is 14.8. The molecule has 0 saturated heterocycles. The molecule has 64 valence electrons. The summed E-state index contributed by atoms with van der Waals surface area (Å²) in [5, 5.41) is 0. The standard InChI is InChI=1S/C10H13NO/c11-12-7-9-5-1-3-8-4-2-6-10(8)9/h1,3,5H,2,4,6-7,11H2. The zero-order chi connectivity index (χ0) is 8.39. The molecule has 0 radical (unpaired) electrons. The van der Waals surface area contributed by atoms with Gasteiger partial charge in [-0.15, -0.1) is 0 Å². The van der Waals surface area contributed by atoms with Gasteiger partial charge < -0.3 is 0 Å². The molecule has 0 bridgehead atoms. The molecule has 2 rings (SSSR count). The molecule has 0 unspecified atom stereocenters. The third-order valence-electron chi connectivity index (χ3n) is 2.48. The molecule has 1 aliphatic rings. The van der Waals surface area contributed by atoms with Crippen LogP contribution in [-0.2, 0) is 24.3 Å². The minimum absolute atomic E-state index is 0.545. The lowest BCUT2D eigenvalue weighted by Gasteiger charge is -2.05. The Morgan fingerprint density at radius 1 is 1.33 bits per heavy atom. The maximum Gasteiger partial charge on any atom is 0.0932 e. The fraction of sp³-hybridized carbons (Fsp3) is 0.400. The summed E-state index contributed by atoms with van der Waals surface area (Å²) in [6, 6.07) is 6.37. The highest BCUT2D eigenvalue weighted by Gasteiger charge is 2.13. The first-order valence-electron chi connectivity index (χ1n) is 4.33. The van der Waals surface area contributed by atoms with E-state index in [9.17, 15) is 0 Å². The van der Waals surface area contributed by atoms with Crippen molar-refractivity contribution >= 4 is 0 Å². The van der Waals surface area contributed by atoms with Crippen LogP contribution in [0.4, 0.5) is 0 Å². The van der Waals surface area contributed by atoms with Crippen molar-refractivity contribution in [3.8, 4) is 0 Å². The van der Waals surface area contributed by atoms with Crippen LogP contribution < -0.4 is 5.90 Å². The van der Waals surface area contributed by atoms with Gasteiger partial charge in [-0.05, 0) is 36.0 Å². The lowest BCUT2D eigenvalue weighted by molar-refractivity contribution is 0.123. The van der Waals surface area contributed by atoms with E-state index in [1.54, 1.807) is 0 Å². The first-order valence-corrected chi connectivity index (χ1v) is 4.33. The SMILES string of the molecule is NOCc1cccc2c1CCC2. The van der Waals surface area contributed by atoms with Crippen molar-refractivity contribution in [3.63, 3.8) is 0 Å². The first-order chi connectivity index (χ1) is 5.92. The number of fused-ring (bicyclic) bond motifs is 1. The molecule has 0 spiro atoms. The number of benzene rings is 1. The second-order valence-corrected chi connectivity index (χ2v) is 3.22. The molecule has 1 aromatic carbocycles. The third-order valence-corrected chi connectivity index (χ3v) is 2.48. The zero-order valence-electron chi connectivity index (χ0n) is 7.05. The van der Waals surface area contributed by atoms with E-state index < -0.39 is 0 Å². The number of rotatable bonds is 2. The Bertz CT molecular complexity index is 283. The second kappa shape index (κ2) is 3.25. The Morgan fingerprint density at radius 3 is 3.08 bits per heavy atom. The van der Waals surface area contributed by atoms with Crippen LogP contribution in [-0.4, -0.2) is 0 Å². The van der Waals surface area contributed by atoms with Crippen LogP contribution in [0.25, 0.3) is 0 Å². The summed E-state index contributed by atoms with van der Waals surface area (Å²) in [7, 11) is 0. The zero-order valence-corrected chi connectivity index (χ0v) is 7.05. The van der Waals surface area contributed by atoms with Gasteiger partial charge in [0.05, 0.1) is 6.61 Å². The molecule has 1 aliphatic carbocycles. The van der Waals surface area contributed by atoms with Gasteiger partial charge in [0.15, 0.2) is 0 Å². The van der Waals surface area contributed by atoms with Crippen molar-refractivity contribution in [2.75, 3.05) is 0 Å². The van der Waals surface area contributed by atoms with Crippen LogP contribution in [0, 0.1) is 0 Å². The summed E-state index contributed by atoms with van der Waals surface area (Å²) < 4.78 is 0. The molecule has 2 N–H and O–H groups in total. The Morgan fingerprint density at radius 2 is 2.25 bits per heavy atom. The third kappa shape index (κ3) is 1.24. The Hall–Kier alpha value is -0.860. The molecule has 0 aromatic heterocycles. The highest BCUT2D eigenvalue weighted by molar-refractivity contribution is 5.38. The molecule has 0 amide bonds. The number of nitrogens with two attached hydrogens (primary N) is 1. The van der Waals surface area contributed by atoms with Gasteiger partial charge in [-0.25, -0.2) is 5.90 Å². The van der Waals surface area contributed by atoms with Gasteiger partial charge >= 0.3 is 0 Å². The molecule has 0 heterocycles. The van der Waals surface area contributed by atoms with Gasteiger partial charge in [-0.2, -0.15) is 0 Å². The lowest BCUT2D eigenvalue weighted by atomic mass is 10.0. The summed E-state index contributed by atoms with van der Waals surface area (Å²) in [5.74, 6) is 5.05. The van der Waals surface area contributed by atoms with E-state index in [1.807, 2.05) is 0 Å². The molecule has 2 nitrogen and oxygen atoms in total. The van der Waals surface area contributed by atoms with Crippen LogP contribution in [0.1, 0.15) is 23.1 Å². The van der Waals surface area contributed by atoms with E-state index in [0.717, 1.165) is 0 Å². The van der Waals surface area contributed by atoms with Gasteiger partial charge in [0.1, 0.15) is 0 Å². The maximum atomic E-state index is 5.05. The monoisotopic (exact) mass is 163 g/mol. The van der Waals surface area contributed by atoms with Gasteiger partial charge in [0.25, 0.3) is 0 Å². The summed E-state index contributed by atoms with van der Waals surface area (Å²) >= 11 is 0. The molecule has 0 fully saturated rings. The number of hydrogen-bond acceptors (Lipinski definition) is 2. The van der Waals surface area contributed by atoms with Gasteiger partial charge in [-0.3, -0.25) is 4.84 Å². The van der Waals surface area contributed by atoms with E-state index in [0.29, 0.717) is 6.61 Å². The molecule has 0 aliphatic heterocycles. The topological polar surface area (TPSA) is 35.2 Å². The summed E-state index contributed by atoms with van der Waals surface area (Å²) in [4.78, 5) is 4.65. The highest BCUT2D eigenvalue weighted by Crippen LogP contribution is 2.25. The molecular formula is C10H13NO. The summed E-state index contributed by atoms with van der Waals surface area (Å²) in [6.45, 7) is 0.545. The minimum Gasteiger partial charge on any atom is -0.300 e. The largest absolute Gasteiger partial charge is 0.300 e. The molecule has 1 aromatic rings. The van der Waals surface area contributed by atoms with Crippen molar-refractivity contribution < 1.29 is 4.84 Å². The Balaban J connectivity index is 2.36. The maximum absolute atomic E-state index is 5.05. The van der Waals surface area contributed by atoms with E-state index in [-0.39, 0.29) is 0 Å². The van der Waals surface area contributed by atoms with Crippen molar-refractivity contribution in [1.82, 2.24) is 0 Å². The van der Waals surface area contributed by atoms with Crippen molar-refractivity contribution in [3.05, 3.63) is 34.9 Å². The van der Waals surface area contributed by atoms with Crippen LogP contribution in [0.5, 0.6) is 0 Å². The molecule has 12 heavy (non-hydrogen) atoms. The predicted molar refractivity (Wildman–Crippen MR) is 47.4 cm³/mol. The minimum atomic E-state index is 0.545. The quantitative estimate of drug-likeness (QED) is 0.671. The van der Waals surface area contributed by atoms with Crippen LogP contribution in [0.2, 0.25) is 0 Å². The van der Waals surface area contributed by atoms with Crippen LogP contribution in [0.15, 0.2) is 18.2 Å². The summed E-state index contributed by atoms with van der Waals surface area (Å²) in [5.41, 5.74) is 4.19. The fourth-order valence-corrected chi connectivity index (χ4v) is 1.92. The first kappa shape index (κ1) is 7.77. The fourth-order valence-electron chi connectivity index (χ4n) is 1.92. The van der Waals surface area contributed by atoms with Gasteiger partial charge in [0, 0.05) is 0 Å². The molecule has 0 atom stereocenters. The second-order valence-electron chi connectivity index (χ2n) is 3.22.